The van der Waals surface area contributed by atoms with E-state index in [0.29, 0.717) is 0 Å². The molecule has 0 aliphatic carbocycles. The lowest BCUT2D eigenvalue weighted by Gasteiger charge is -2.53. The molecule has 0 aromatic rings. The summed E-state index contributed by atoms with van der Waals surface area (Å²) in [7, 11) is 0. The molecule has 7 heterocycles. The number of rotatable bonds is 25. The Hall–Kier alpha value is -3.48. The number of carboxylic acids is 1. The summed E-state index contributed by atoms with van der Waals surface area (Å²) in [5.74, 6) is -8.44. The molecule has 7 saturated heterocycles. The van der Waals surface area contributed by atoms with Gasteiger partial charge in [-0.3, -0.25) is 14.4 Å². The molecule has 25 N–H and O–H groups in total. The lowest BCUT2D eigenvalue weighted by molar-refractivity contribution is -0.397. The van der Waals surface area contributed by atoms with Crippen LogP contribution in [-0.4, -0.2) is 403 Å². The van der Waals surface area contributed by atoms with E-state index in [-0.39, 0.29) is 0 Å². The number of aliphatic carboxylic acids is 1. The third-order valence-corrected chi connectivity index (χ3v) is 16.7. The van der Waals surface area contributed by atoms with E-state index in [4.69, 9.17) is 61.6 Å². The number of nitrogens with one attached hydrogen (secondary N) is 3. The maximum Gasteiger partial charge on any atom is 0.364 e. The first-order chi connectivity index (χ1) is 43.8. The molecule has 538 valence electrons. The number of aliphatic hydroxyl groups is 21. The van der Waals surface area contributed by atoms with Crippen molar-refractivity contribution in [2.24, 2.45) is 0 Å². The van der Waals surface area contributed by atoms with Crippen molar-refractivity contribution in [1.82, 2.24) is 16.0 Å². The van der Waals surface area contributed by atoms with Gasteiger partial charge in [0.05, 0.1) is 58.4 Å². The summed E-state index contributed by atoms with van der Waals surface area (Å²) < 4.78 is 76.3. The fourth-order valence-electron chi connectivity index (χ4n) is 11.8. The van der Waals surface area contributed by atoms with Crippen molar-refractivity contribution in [3.63, 3.8) is 0 Å². The molecule has 7 aliphatic heterocycles. The molecule has 3 amide bonds. The molecule has 0 aromatic heterocycles. The molecule has 0 aromatic carbocycles. The largest absolute Gasteiger partial charge is 0.477 e. The molecule has 0 spiro atoms. The molecule has 0 saturated carbocycles. The van der Waals surface area contributed by atoms with Gasteiger partial charge in [0.15, 0.2) is 37.7 Å². The lowest BCUT2D eigenvalue weighted by atomic mass is 9.88. The van der Waals surface area contributed by atoms with Gasteiger partial charge in [0, 0.05) is 27.2 Å². The molecule has 93 heavy (non-hydrogen) atoms. The Morgan fingerprint density at radius 1 is 0.441 bits per heavy atom. The molecule has 7 aliphatic rings. The third-order valence-electron chi connectivity index (χ3n) is 16.7. The minimum Gasteiger partial charge on any atom is -0.477 e. The average molecular weight is 1360 g/mol. The topological polar surface area (TPSA) is 669 Å². The number of amides is 3. The summed E-state index contributed by atoms with van der Waals surface area (Å²) in [4.78, 5) is 52.2. The number of carbonyl (C=O) groups excluding carboxylic acids is 3. The van der Waals surface area contributed by atoms with Gasteiger partial charge >= 0.3 is 5.97 Å². The number of aliphatic hydroxyl groups excluding tert-OH is 21. The van der Waals surface area contributed by atoms with Gasteiger partial charge in [0.25, 0.3) is 5.79 Å². The molecule has 42 nitrogen and oxygen atoms in total. The maximum atomic E-state index is 13.6. The number of carboxylic acid groups (broad SMARTS) is 1. The molecule has 7 rings (SSSR count). The Morgan fingerprint density at radius 3 is 1.37 bits per heavy atom. The predicted molar refractivity (Wildman–Crippen MR) is 284 cm³/mol. The van der Waals surface area contributed by atoms with Crippen LogP contribution in [0.2, 0.25) is 0 Å². The van der Waals surface area contributed by atoms with Crippen LogP contribution in [0.15, 0.2) is 0 Å². The summed E-state index contributed by atoms with van der Waals surface area (Å²) in [6.07, 6.45) is -69.4. The van der Waals surface area contributed by atoms with Crippen molar-refractivity contribution in [1.29, 1.82) is 0 Å². The first-order valence-corrected chi connectivity index (χ1v) is 29.2. The zero-order valence-electron chi connectivity index (χ0n) is 49.6. The van der Waals surface area contributed by atoms with Gasteiger partial charge in [0.1, 0.15) is 165 Å². The number of hydrogen-bond donors (Lipinski definition) is 25. The van der Waals surface area contributed by atoms with Gasteiger partial charge in [-0.15, -0.1) is 0 Å². The Kier molecular flexibility index (Phi) is 27.2. The molecule has 42 heteroatoms. The molecular formula is C51H85N3O39. The second kappa shape index (κ2) is 32.9. The first-order valence-electron chi connectivity index (χ1n) is 29.2. The molecule has 36 atom stereocenters. The lowest BCUT2D eigenvalue weighted by Crippen LogP contribution is -2.73. The van der Waals surface area contributed by atoms with Gasteiger partial charge in [-0.25, -0.2) is 4.79 Å². The van der Waals surface area contributed by atoms with Crippen LogP contribution in [0.3, 0.4) is 0 Å². The van der Waals surface area contributed by atoms with Crippen molar-refractivity contribution < 1.29 is 193 Å². The Balaban J connectivity index is 1.30. The Bertz CT molecular complexity index is 2410. The molecular weight excluding hydrogens is 1280 g/mol. The Morgan fingerprint density at radius 2 is 0.860 bits per heavy atom. The summed E-state index contributed by atoms with van der Waals surface area (Å²) in [6, 6.07) is -5.77. The van der Waals surface area contributed by atoms with Gasteiger partial charge < -0.3 is 190 Å². The summed E-state index contributed by atoms with van der Waals surface area (Å²) in [5.41, 5.74) is 0. The van der Waals surface area contributed by atoms with Crippen molar-refractivity contribution in [2.45, 2.75) is 248 Å². The highest BCUT2D eigenvalue weighted by Gasteiger charge is 2.63. The van der Waals surface area contributed by atoms with Crippen molar-refractivity contribution in [3.05, 3.63) is 0 Å². The van der Waals surface area contributed by atoms with Crippen LogP contribution in [0.5, 0.6) is 0 Å². The highest BCUT2D eigenvalue weighted by atomic mass is 16.8. The van der Waals surface area contributed by atoms with Crippen LogP contribution in [-0.2, 0) is 80.8 Å². The smallest absolute Gasteiger partial charge is 0.364 e. The SMILES string of the molecule is CC(=O)N[C@H]1[C@H]([C@H](O)[C@H](O)CO)OC(O[C@H]2[C@H](OC3O[C@H](CO)[C@H](O)[C@H](O)[C@H]3O)[C@@H](NC(C)=O)C(O[C@H]3[C@@H](O)[C@@H](COC4O[C@H](CO)[C@@H](O)[C@H](OC5O[C@H](CO)[C@H](O)[C@H](O)[C@H]5O)[C@H]4NC(C)=O)OC(O[C@H]4[C@H](O)[C@@H](O)C(O)O[C@@H]4CO)[C@@H]3O)O[C@@H]2CO)(C(=O)O)C[C@@H]1O. The third kappa shape index (κ3) is 16.8. The average Bonchev–Trinajstić information content (AvgIpc) is 0.763. The zero-order valence-corrected chi connectivity index (χ0v) is 49.6. The molecule has 0 bridgehead atoms. The van der Waals surface area contributed by atoms with Gasteiger partial charge in [0.2, 0.25) is 17.7 Å². The molecule has 0 radical (unpaired) electrons. The fraction of sp³-hybridized carbons (Fsp3) is 0.922. The molecule has 7 fully saturated rings. The van der Waals surface area contributed by atoms with Gasteiger partial charge in [-0.2, -0.15) is 0 Å². The monoisotopic (exact) mass is 1360 g/mol. The highest BCUT2D eigenvalue weighted by molar-refractivity contribution is 5.77. The highest BCUT2D eigenvalue weighted by Crippen LogP contribution is 2.41. The van der Waals surface area contributed by atoms with Gasteiger partial charge in [-0.1, -0.05) is 0 Å². The standard InChI is InChI=1S/C51H85N3O39/c1-12(61)52-23-15(64)4-51(50(79)80,93-41(23)26(66)16(65)5-55)92-39-21(10-60)86-46(25(54-14(3)63)42(39)90-48-36(76)32(72)28(68)18(7-57)85-48)91-43-30(70)22(87-49(37(43)77)88-38-20(9-59)82-44(78)34(74)33(38)73)11-81-45-24(53-13(2)62)40(29(69)19(8-58)83-45)89-47-35(75)31(71)27(67)17(6-56)84-47/h15-49,55-60,64-78H,4-11H2,1-3H3,(H,52,61)(H,53,62)(H,54,63)(H,79,80)/t15-,16+,17+,18+,19+,20+,21+,22+,23+,24+,25+,26+,27-,28-,29+,30-,31-,32-,33+,34+,35+,36+,37+,38+,39+,40+,41+,42+,43-,44?,45?,46?,47?,48?,49?,51?/m0/s1. The van der Waals surface area contributed by atoms with E-state index in [9.17, 15) is 132 Å². The summed E-state index contributed by atoms with van der Waals surface area (Å²) in [6.45, 7) is -5.09. The van der Waals surface area contributed by atoms with Crippen molar-refractivity contribution >= 4 is 23.7 Å². The first kappa shape index (κ1) is 76.9. The molecule has 7 unspecified atom stereocenters. The van der Waals surface area contributed by atoms with Crippen LogP contribution in [0.4, 0.5) is 0 Å². The van der Waals surface area contributed by atoms with Crippen LogP contribution >= 0.6 is 0 Å². The van der Waals surface area contributed by atoms with E-state index in [2.05, 4.69) is 16.0 Å². The van der Waals surface area contributed by atoms with Crippen LogP contribution in [0.25, 0.3) is 0 Å². The van der Waals surface area contributed by atoms with E-state index in [1.54, 1.807) is 0 Å². The quantitative estimate of drug-likeness (QED) is 0.0404. The minimum absolute atomic E-state index is 0.854. The zero-order chi connectivity index (χ0) is 69.0. The summed E-state index contributed by atoms with van der Waals surface area (Å²) >= 11 is 0. The van der Waals surface area contributed by atoms with E-state index >= 15 is 0 Å². The summed E-state index contributed by atoms with van der Waals surface area (Å²) in [5, 5.41) is 246. The minimum atomic E-state index is -3.38. The number of ether oxygens (including phenoxy) is 13. The van der Waals surface area contributed by atoms with Crippen molar-refractivity contribution in [2.75, 3.05) is 46.2 Å². The van der Waals surface area contributed by atoms with E-state index in [1.165, 1.54) is 0 Å². The predicted octanol–water partition coefficient (Wildman–Crippen LogP) is -16.6. The van der Waals surface area contributed by atoms with E-state index in [1.807, 2.05) is 0 Å². The Labute approximate surface area is 525 Å². The normalized spacial score (nSPS) is 47.2. The van der Waals surface area contributed by atoms with E-state index < -0.39 is 297 Å². The van der Waals surface area contributed by atoms with Crippen molar-refractivity contribution in [3.8, 4) is 0 Å². The van der Waals surface area contributed by atoms with Crippen LogP contribution < -0.4 is 16.0 Å². The van der Waals surface area contributed by atoms with Crippen LogP contribution in [0.1, 0.15) is 27.2 Å². The fourth-order valence-corrected chi connectivity index (χ4v) is 11.8. The van der Waals surface area contributed by atoms with E-state index in [0.717, 1.165) is 20.8 Å². The van der Waals surface area contributed by atoms with Crippen LogP contribution in [0, 0.1) is 0 Å². The second-order valence-corrected chi connectivity index (χ2v) is 23.2. The second-order valence-electron chi connectivity index (χ2n) is 23.2. The number of hydrogen-bond acceptors (Lipinski definition) is 38. The maximum absolute atomic E-state index is 13.6. The number of carbonyl (C=O) groups is 4. The van der Waals surface area contributed by atoms with Gasteiger partial charge in [-0.05, 0) is 0 Å².